The second-order valence-electron chi connectivity index (χ2n) is 2.61. The molecule has 0 amide bonds. The molecule has 1 aromatic heterocycles. The molecule has 1 heterocycles. The largest absolute Gasteiger partial charge is 0.468 e. The van der Waals surface area contributed by atoms with Gasteiger partial charge in [-0.05, 0) is 6.07 Å². The summed E-state index contributed by atoms with van der Waals surface area (Å²) in [6.07, 6.45) is 2.68. The van der Waals surface area contributed by atoms with Crippen LogP contribution in [0.1, 0.15) is 11.6 Å². The third-order valence-electron chi connectivity index (χ3n) is 1.77. The molecule has 80 valence electrons. The van der Waals surface area contributed by atoms with E-state index in [4.69, 9.17) is 0 Å². The first kappa shape index (κ1) is 11.1. The Balaban J connectivity index is 3.02. The van der Waals surface area contributed by atoms with E-state index in [-0.39, 0.29) is 5.69 Å². The fraction of sp³-hybridized carbons (Fsp3) is 0.333. The van der Waals surface area contributed by atoms with Crippen molar-refractivity contribution in [3.05, 3.63) is 24.3 Å². The predicted molar refractivity (Wildman–Crippen MR) is 48.8 cm³/mol. The minimum absolute atomic E-state index is 0.253. The molecule has 0 radical (unpaired) electrons. The molecule has 0 atom stereocenters. The minimum Gasteiger partial charge on any atom is -0.468 e. The van der Waals surface area contributed by atoms with Crippen molar-refractivity contribution in [1.82, 2.24) is 9.97 Å². The van der Waals surface area contributed by atoms with E-state index >= 15 is 0 Å². The van der Waals surface area contributed by atoms with Crippen LogP contribution in [0.5, 0.6) is 0 Å². The van der Waals surface area contributed by atoms with E-state index in [2.05, 4.69) is 19.4 Å². The van der Waals surface area contributed by atoms with E-state index in [1.807, 2.05) is 0 Å². The Hall–Kier alpha value is -1.98. The molecule has 0 saturated heterocycles. The van der Waals surface area contributed by atoms with Gasteiger partial charge in [-0.15, -0.1) is 0 Å². The average molecular weight is 210 g/mol. The standard InChI is InChI=1S/C9H10N2O4/c1-14-8(12)7(9(13)15-2)6-3-4-10-5-11-6/h3-5,7H,1-2H3. The Labute approximate surface area is 86.2 Å². The van der Waals surface area contributed by atoms with Crippen LogP contribution in [-0.2, 0) is 19.1 Å². The molecular formula is C9H10N2O4. The molecule has 15 heavy (non-hydrogen) atoms. The van der Waals surface area contributed by atoms with Crippen LogP contribution in [0.15, 0.2) is 18.6 Å². The highest BCUT2D eigenvalue weighted by atomic mass is 16.5. The maximum atomic E-state index is 11.3. The number of carbonyl (C=O) groups excluding carboxylic acids is 2. The molecule has 0 fully saturated rings. The van der Waals surface area contributed by atoms with Gasteiger partial charge in [0.2, 0.25) is 0 Å². The van der Waals surface area contributed by atoms with Crippen LogP contribution >= 0.6 is 0 Å². The highest BCUT2D eigenvalue weighted by molar-refractivity contribution is 6.00. The zero-order valence-corrected chi connectivity index (χ0v) is 8.34. The van der Waals surface area contributed by atoms with Crippen molar-refractivity contribution in [2.24, 2.45) is 0 Å². The maximum absolute atomic E-state index is 11.3. The summed E-state index contributed by atoms with van der Waals surface area (Å²) in [7, 11) is 2.39. The molecule has 0 aliphatic rings. The smallest absolute Gasteiger partial charge is 0.326 e. The van der Waals surface area contributed by atoms with Gasteiger partial charge in [0, 0.05) is 6.20 Å². The number of ether oxygens (including phenoxy) is 2. The summed E-state index contributed by atoms with van der Waals surface area (Å²) < 4.78 is 8.98. The van der Waals surface area contributed by atoms with Crippen LogP contribution in [-0.4, -0.2) is 36.1 Å². The summed E-state index contributed by atoms with van der Waals surface area (Å²) in [4.78, 5) is 30.1. The summed E-state index contributed by atoms with van der Waals surface area (Å²) in [5.74, 6) is -2.57. The number of carbonyl (C=O) groups is 2. The van der Waals surface area contributed by atoms with Gasteiger partial charge in [0.25, 0.3) is 0 Å². The highest BCUT2D eigenvalue weighted by Crippen LogP contribution is 2.15. The normalized spacial score (nSPS) is 9.80. The molecule has 0 aromatic carbocycles. The topological polar surface area (TPSA) is 78.4 Å². The van der Waals surface area contributed by atoms with Crippen molar-refractivity contribution in [1.29, 1.82) is 0 Å². The zero-order chi connectivity index (χ0) is 11.3. The van der Waals surface area contributed by atoms with Crippen LogP contribution in [0.3, 0.4) is 0 Å². The monoisotopic (exact) mass is 210 g/mol. The molecule has 0 aliphatic heterocycles. The van der Waals surface area contributed by atoms with Gasteiger partial charge in [-0.3, -0.25) is 9.59 Å². The lowest BCUT2D eigenvalue weighted by atomic mass is 10.1. The summed E-state index contributed by atoms with van der Waals surface area (Å²) in [6.45, 7) is 0. The van der Waals surface area contributed by atoms with E-state index < -0.39 is 17.9 Å². The van der Waals surface area contributed by atoms with Crippen molar-refractivity contribution in [2.45, 2.75) is 5.92 Å². The molecule has 1 aromatic rings. The second-order valence-corrected chi connectivity index (χ2v) is 2.61. The molecule has 1 rings (SSSR count). The van der Waals surface area contributed by atoms with Gasteiger partial charge in [0.15, 0.2) is 5.92 Å². The van der Waals surface area contributed by atoms with Crippen molar-refractivity contribution >= 4 is 11.9 Å². The lowest BCUT2D eigenvalue weighted by Gasteiger charge is -2.10. The first-order valence-electron chi connectivity index (χ1n) is 4.12. The van der Waals surface area contributed by atoms with Gasteiger partial charge < -0.3 is 9.47 Å². The molecule has 0 bridgehead atoms. The van der Waals surface area contributed by atoms with Gasteiger partial charge >= 0.3 is 11.9 Å². The van der Waals surface area contributed by atoms with Crippen LogP contribution in [0.25, 0.3) is 0 Å². The van der Waals surface area contributed by atoms with Gasteiger partial charge in [0.1, 0.15) is 6.33 Å². The highest BCUT2D eigenvalue weighted by Gasteiger charge is 2.31. The molecule has 0 aliphatic carbocycles. The van der Waals surface area contributed by atoms with E-state index in [0.717, 1.165) is 0 Å². The molecule has 0 N–H and O–H groups in total. The number of hydrogen-bond acceptors (Lipinski definition) is 6. The van der Waals surface area contributed by atoms with Crippen LogP contribution in [0.2, 0.25) is 0 Å². The minimum atomic E-state index is -1.15. The third kappa shape index (κ3) is 2.49. The lowest BCUT2D eigenvalue weighted by molar-refractivity contribution is -0.154. The molecular weight excluding hydrogens is 200 g/mol. The van der Waals surface area contributed by atoms with Gasteiger partial charge in [-0.25, -0.2) is 9.97 Å². The Bertz CT molecular complexity index is 336. The number of esters is 2. The number of rotatable bonds is 3. The number of methoxy groups -OCH3 is 2. The predicted octanol–water partition coefficient (Wildman–Crippen LogP) is -0.0938. The second kappa shape index (κ2) is 5.04. The SMILES string of the molecule is COC(=O)C(C(=O)OC)c1ccncn1. The molecule has 0 spiro atoms. The number of hydrogen-bond donors (Lipinski definition) is 0. The summed E-state index contributed by atoms with van der Waals surface area (Å²) >= 11 is 0. The summed E-state index contributed by atoms with van der Waals surface area (Å²) in [5.41, 5.74) is 0.253. The van der Waals surface area contributed by atoms with Crippen molar-refractivity contribution < 1.29 is 19.1 Å². The Kier molecular flexibility index (Phi) is 3.73. The lowest BCUT2D eigenvalue weighted by Crippen LogP contribution is -2.25. The zero-order valence-electron chi connectivity index (χ0n) is 8.34. The Morgan fingerprint density at radius 2 is 1.87 bits per heavy atom. The van der Waals surface area contributed by atoms with E-state index in [0.29, 0.717) is 0 Å². The fourth-order valence-corrected chi connectivity index (χ4v) is 1.05. The van der Waals surface area contributed by atoms with E-state index in [1.165, 1.54) is 32.8 Å². The maximum Gasteiger partial charge on any atom is 0.326 e. The quantitative estimate of drug-likeness (QED) is 0.512. The van der Waals surface area contributed by atoms with Crippen molar-refractivity contribution in [3.8, 4) is 0 Å². The number of nitrogens with zero attached hydrogens (tertiary/aromatic N) is 2. The fourth-order valence-electron chi connectivity index (χ4n) is 1.05. The van der Waals surface area contributed by atoms with Crippen LogP contribution in [0, 0.1) is 0 Å². The summed E-state index contributed by atoms with van der Waals surface area (Å²) in [5, 5.41) is 0. The summed E-state index contributed by atoms with van der Waals surface area (Å²) in [6, 6.07) is 1.46. The van der Waals surface area contributed by atoms with Crippen molar-refractivity contribution in [3.63, 3.8) is 0 Å². The Morgan fingerprint density at radius 1 is 1.27 bits per heavy atom. The molecule has 6 nitrogen and oxygen atoms in total. The Morgan fingerprint density at radius 3 is 2.27 bits per heavy atom. The molecule has 6 heteroatoms. The van der Waals surface area contributed by atoms with Crippen LogP contribution < -0.4 is 0 Å². The van der Waals surface area contributed by atoms with Crippen LogP contribution in [0.4, 0.5) is 0 Å². The van der Waals surface area contributed by atoms with Gasteiger partial charge in [-0.2, -0.15) is 0 Å². The van der Waals surface area contributed by atoms with Gasteiger partial charge in [-0.1, -0.05) is 0 Å². The molecule has 0 unspecified atom stereocenters. The molecule has 0 saturated carbocycles. The average Bonchev–Trinajstić information content (AvgIpc) is 2.30. The third-order valence-corrected chi connectivity index (χ3v) is 1.77. The van der Waals surface area contributed by atoms with Crippen molar-refractivity contribution in [2.75, 3.05) is 14.2 Å². The van der Waals surface area contributed by atoms with Gasteiger partial charge in [0.05, 0.1) is 19.9 Å². The number of aromatic nitrogens is 2. The van der Waals surface area contributed by atoms with E-state index in [1.54, 1.807) is 0 Å². The first-order chi connectivity index (χ1) is 7.20. The first-order valence-corrected chi connectivity index (χ1v) is 4.12. The van der Waals surface area contributed by atoms with E-state index in [9.17, 15) is 9.59 Å².